The first-order valence-electron chi connectivity index (χ1n) is 9.21. The summed E-state index contributed by atoms with van der Waals surface area (Å²) in [6.45, 7) is 3.69. The van der Waals surface area contributed by atoms with Gasteiger partial charge in [-0.2, -0.15) is 0 Å². The van der Waals surface area contributed by atoms with Crippen molar-refractivity contribution in [3.63, 3.8) is 0 Å². The summed E-state index contributed by atoms with van der Waals surface area (Å²) in [6.07, 6.45) is 8.90. The molecule has 0 aliphatic carbocycles. The molecule has 2 fully saturated rings. The van der Waals surface area contributed by atoms with Crippen molar-refractivity contribution in [2.24, 2.45) is 30.5 Å². The van der Waals surface area contributed by atoms with Gasteiger partial charge in [-0.3, -0.25) is 4.79 Å². The number of amides is 1. The van der Waals surface area contributed by atoms with Crippen LogP contribution in [0.5, 0.6) is 0 Å². The number of likely N-dealkylation sites (tertiary alicyclic amines) is 1. The lowest BCUT2D eigenvalue weighted by atomic mass is 9.84. The van der Waals surface area contributed by atoms with Crippen LogP contribution in [0.4, 0.5) is 0 Å². The van der Waals surface area contributed by atoms with Crippen molar-refractivity contribution in [2.75, 3.05) is 32.8 Å². The number of rotatable bonds is 5. The molecule has 1 atom stereocenters. The number of nitrogens with two attached hydrogens (primary N) is 1. The van der Waals surface area contributed by atoms with Crippen molar-refractivity contribution in [3.8, 4) is 0 Å². The molecular formula is C18H30N4O2. The fourth-order valence-corrected chi connectivity index (χ4v) is 4.06. The van der Waals surface area contributed by atoms with Gasteiger partial charge in [0, 0.05) is 58.7 Å². The number of hydrogen-bond acceptors (Lipinski definition) is 4. The van der Waals surface area contributed by atoms with Gasteiger partial charge in [0.05, 0.1) is 5.92 Å². The molecule has 3 heterocycles. The number of aromatic nitrogens is 2. The summed E-state index contributed by atoms with van der Waals surface area (Å²) < 4.78 is 7.51. The third kappa shape index (κ3) is 3.98. The van der Waals surface area contributed by atoms with E-state index in [9.17, 15) is 4.79 Å². The Balaban J connectivity index is 1.51. The van der Waals surface area contributed by atoms with Crippen LogP contribution in [0.25, 0.3) is 0 Å². The van der Waals surface area contributed by atoms with E-state index >= 15 is 0 Å². The van der Waals surface area contributed by atoms with Crippen LogP contribution in [0, 0.1) is 17.8 Å². The quantitative estimate of drug-likeness (QED) is 0.878. The summed E-state index contributed by atoms with van der Waals surface area (Å²) in [7, 11) is 2.04. The molecule has 1 aromatic rings. The molecule has 0 spiro atoms. The lowest BCUT2D eigenvalue weighted by Crippen LogP contribution is -2.47. The molecule has 0 radical (unpaired) electrons. The van der Waals surface area contributed by atoms with E-state index in [1.807, 2.05) is 24.3 Å². The first-order valence-corrected chi connectivity index (χ1v) is 9.21. The lowest BCUT2D eigenvalue weighted by Gasteiger charge is -2.37. The number of nitrogens with zero attached hydrogens (tertiary/aromatic N) is 3. The van der Waals surface area contributed by atoms with Gasteiger partial charge in [0.15, 0.2) is 0 Å². The molecule has 134 valence electrons. The summed E-state index contributed by atoms with van der Waals surface area (Å²) in [5.74, 6) is 2.39. The number of imidazole rings is 1. The molecule has 2 saturated heterocycles. The predicted molar refractivity (Wildman–Crippen MR) is 92.3 cm³/mol. The van der Waals surface area contributed by atoms with E-state index < -0.39 is 0 Å². The van der Waals surface area contributed by atoms with Crippen LogP contribution in [0.2, 0.25) is 0 Å². The van der Waals surface area contributed by atoms with Gasteiger partial charge in [-0.25, -0.2) is 4.98 Å². The Hall–Kier alpha value is -1.40. The molecule has 6 nitrogen and oxygen atoms in total. The van der Waals surface area contributed by atoms with Gasteiger partial charge in [-0.1, -0.05) is 0 Å². The molecule has 2 aliphatic rings. The maximum absolute atomic E-state index is 12.9. The Morgan fingerprint density at radius 3 is 2.62 bits per heavy atom. The van der Waals surface area contributed by atoms with Crippen molar-refractivity contribution in [2.45, 2.75) is 32.1 Å². The molecule has 1 aromatic heterocycles. The van der Waals surface area contributed by atoms with E-state index in [0.29, 0.717) is 18.4 Å². The highest BCUT2D eigenvalue weighted by Crippen LogP contribution is 2.27. The third-order valence-electron chi connectivity index (χ3n) is 5.72. The molecule has 0 saturated carbocycles. The second-order valence-electron chi connectivity index (χ2n) is 7.22. The van der Waals surface area contributed by atoms with E-state index in [-0.39, 0.29) is 11.8 Å². The Labute approximate surface area is 144 Å². The molecule has 24 heavy (non-hydrogen) atoms. The van der Waals surface area contributed by atoms with Crippen LogP contribution in [-0.4, -0.2) is 53.2 Å². The Bertz CT molecular complexity index is 531. The van der Waals surface area contributed by atoms with Crippen molar-refractivity contribution in [1.82, 2.24) is 14.5 Å². The Morgan fingerprint density at radius 1 is 1.33 bits per heavy atom. The van der Waals surface area contributed by atoms with E-state index in [0.717, 1.165) is 64.2 Å². The maximum atomic E-state index is 12.9. The predicted octanol–water partition coefficient (Wildman–Crippen LogP) is 1.20. The van der Waals surface area contributed by atoms with Crippen molar-refractivity contribution in [1.29, 1.82) is 0 Å². The van der Waals surface area contributed by atoms with Crippen LogP contribution < -0.4 is 5.73 Å². The minimum Gasteiger partial charge on any atom is -0.381 e. The molecule has 2 N–H and O–H groups in total. The van der Waals surface area contributed by atoms with Gasteiger partial charge in [-0.15, -0.1) is 0 Å². The molecular weight excluding hydrogens is 304 g/mol. The monoisotopic (exact) mass is 334 g/mol. The van der Waals surface area contributed by atoms with Gasteiger partial charge in [0.2, 0.25) is 5.91 Å². The fourth-order valence-electron chi connectivity index (χ4n) is 4.06. The average Bonchev–Trinajstić information content (AvgIpc) is 3.02. The zero-order valence-electron chi connectivity index (χ0n) is 14.7. The number of hydrogen-bond donors (Lipinski definition) is 1. The summed E-state index contributed by atoms with van der Waals surface area (Å²) in [4.78, 5) is 19.4. The molecule has 2 aliphatic heterocycles. The van der Waals surface area contributed by atoms with Crippen LogP contribution >= 0.6 is 0 Å². The fraction of sp³-hybridized carbons (Fsp3) is 0.778. The van der Waals surface area contributed by atoms with Gasteiger partial charge in [0.1, 0.15) is 5.82 Å². The third-order valence-corrected chi connectivity index (χ3v) is 5.72. The van der Waals surface area contributed by atoms with Crippen molar-refractivity contribution >= 4 is 5.91 Å². The largest absolute Gasteiger partial charge is 0.381 e. The molecule has 3 rings (SSSR count). The minimum atomic E-state index is -0.0278. The number of ether oxygens (including phenoxy) is 1. The average molecular weight is 334 g/mol. The summed E-state index contributed by atoms with van der Waals surface area (Å²) in [5, 5.41) is 0. The smallest absolute Gasteiger partial charge is 0.227 e. The van der Waals surface area contributed by atoms with Crippen LogP contribution in [0.15, 0.2) is 12.4 Å². The highest BCUT2D eigenvalue weighted by Gasteiger charge is 2.33. The highest BCUT2D eigenvalue weighted by molar-refractivity contribution is 5.79. The highest BCUT2D eigenvalue weighted by atomic mass is 16.5. The molecule has 1 unspecified atom stereocenters. The molecule has 6 heteroatoms. The number of piperidine rings is 1. The number of carbonyl (C=O) groups is 1. The zero-order valence-corrected chi connectivity index (χ0v) is 14.7. The van der Waals surface area contributed by atoms with Gasteiger partial charge in [0.25, 0.3) is 0 Å². The number of carbonyl (C=O) groups excluding carboxylic acids is 1. The Morgan fingerprint density at radius 2 is 2.04 bits per heavy atom. The van der Waals surface area contributed by atoms with E-state index in [1.165, 1.54) is 0 Å². The second-order valence-corrected chi connectivity index (χ2v) is 7.22. The minimum absolute atomic E-state index is 0.0278. The topological polar surface area (TPSA) is 73.4 Å². The van der Waals surface area contributed by atoms with E-state index in [1.54, 1.807) is 0 Å². The van der Waals surface area contributed by atoms with Gasteiger partial charge >= 0.3 is 0 Å². The zero-order chi connectivity index (χ0) is 16.9. The molecule has 1 amide bonds. The SMILES string of the molecule is Cn1ccnc1CC1CCN(C(=O)C(CN)C2CCOCC2)CC1. The summed E-state index contributed by atoms with van der Waals surface area (Å²) in [5.41, 5.74) is 5.95. The van der Waals surface area contributed by atoms with Crippen molar-refractivity contribution < 1.29 is 9.53 Å². The second kappa shape index (κ2) is 8.12. The van der Waals surface area contributed by atoms with Crippen LogP contribution in [-0.2, 0) is 23.0 Å². The van der Waals surface area contributed by atoms with Crippen molar-refractivity contribution in [3.05, 3.63) is 18.2 Å². The summed E-state index contributed by atoms with van der Waals surface area (Å²) in [6, 6.07) is 0. The Kier molecular flexibility index (Phi) is 5.89. The molecule has 0 aromatic carbocycles. The van der Waals surface area contributed by atoms with Gasteiger partial charge < -0.3 is 19.9 Å². The normalized spacial score (nSPS) is 21.8. The van der Waals surface area contributed by atoms with Gasteiger partial charge in [-0.05, 0) is 37.5 Å². The standard InChI is InChI=1S/C18H30N4O2/c1-21-9-6-20-17(21)12-14-2-7-22(8-3-14)18(23)16(13-19)15-4-10-24-11-5-15/h6,9,14-16H,2-5,7-8,10-13,19H2,1H3. The summed E-state index contributed by atoms with van der Waals surface area (Å²) >= 11 is 0. The van der Waals surface area contributed by atoms with E-state index in [4.69, 9.17) is 10.5 Å². The first-order chi connectivity index (χ1) is 11.7. The van der Waals surface area contributed by atoms with Crippen LogP contribution in [0.3, 0.4) is 0 Å². The van der Waals surface area contributed by atoms with Crippen LogP contribution in [0.1, 0.15) is 31.5 Å². The maximum Gasteiger partial charge on any atom is 0.227 e. The first kappa shape index (κ1) is 17.4. The lowest BCUT2D eigenvalue weighted by molar-refractivity contribution is -0.139. The van der Waals surface area contributed by atoms with E-state index in [2.05, 4.69) is 9.55 Å². The number of aryl methyl sites for hydroxylation is 1. The molecule has 0 bridgehead atoms.